The van der Waals surface area contributed by atoms with Crippen molar-refractivity contribution in [2.45, 2.75) is 16.7 Å². The lowest BCUT2D eigenvalue weighted by molar-refractivity contribution is 1.30. The second-order valence-electron chi connectivity index (χ2n) is 4.72. The van der Waals surface area contributed by atoms with Gasteiger partial charge in [-0.2, -0.15) is 5.26 Å². The highest BCUT2D eigenvalue weighted by molar-refractivity contribution is 7.99. The Kier molecular flexibility index (Phi) is 3.45. The molecule has 20 heavy (non-hydrogen) atoms. The average molecular weight is 275 g/mol. The van der Waals surface area contributed by atoms with Gasteiger partial charge >= 0.3 is 0 Å². The zero-order chi connectivity index (χ0) is 13.9. The highest BCUT2D eigenvalue weighted by atomic mass is 32.2. The summed E-state index contributed by atoms with van der Waals surface area (Å²) in [5.74, 6) is 0. The number of nitrogens with zero attached hydrogens (tertiary/aromatic N) is 1. The predicted octanol–water partition coefficient (Wildman–Crippen LogP) is 5.17. The zero-order valence-corrected chi connectivity index (χ0v) is 11.9. The molecule has 0 unspecified atom stereocenters. The summed E-state index contributed by atoms with van der Waals surface area (Å²) < 4.78 is 0. The number of aryl methyl sites for hydroxylation is 1. The summed E-state index contributed by atoms with van der Waals surface area (Å²) in [6.45, 7) is 2.05. The van der Waals surface area contributed by atoms with E-state index in [2.05, 4.69) is 42.5 Å². The average Bonchev–Trinajstić information content (AvgIpc) is 2.47. The minimum atomic E-state index is 0.730. The molecule has 0 aromatic heterocycles. The first kappa shape index (κ1) is 12.8. The van der Waals surface area contributed by atoms with Crippen LogP contribution in [0.4, 0.5) is 0 Å². The fraction of sp³-hybridized carbons (Fsp3) is 0.0556. The van der Waals surface area contributed by atoms with Gasteiger partial charge in [0.1, 0.15) is 6.07 Å². The topological polar surface area (TPSA) is 23.8 Å². The quantitative estimate of drug-likeness (QED) is 0.644. The van der Waals surface area contributed by atoms with Crippen LogP contribution in [-0.4, -0.2) is 0 Å². The summed E-state index contributed by atoms with van der Waals surface area (Å²) >= 11 is 1.65. The molecule has 0 bridgehead atoms. The van der Waals surface area contributed by atoms with E-state index in [1.807, 2.05) is 31.2 Å². The molecule has 3 rings (SSSR count). The summed E-state index contributed by atoms with van der Waals surface area (Å²) in [5, 5.41) is 11.7. The minimum absolute atomic E-state index is 0.730. The minimum Gasteiger partial charge on any atom is -0.192 e. The molecule has 0 saturated carbocycles. The molecule has 0 fully saturated rings. The maximum Gasteiger partial charge on any atom is 0.100 e. The van der Waals surface area contributed by atoms with E-state index in [4.69, 9.17) is 0 Å². The third-order valence-corrected chi connectivity index (χ3v) is 4.25. The molecular formula is C18H13NS. The molecular weight excluding hydrogens is 262 g/mol. The fourth-order valence-corrected chi connectivity index (χ4v) is 3.21. The van der Waals surface area contributed by atoms with Crippen molar-refractivity contribution in [2.24, 2.45) is 0 Å². The van der Waals surface area contributed by atoms with Crippen molar-refractivity contribution in [3.63, 3.8) is 0 Å². The van der Waals surface area contributed by atoms with Crippen LogP contribution < -0.4 is 0 Å². The lowest BCUT2D eigenvalue weighted by Gasteiger charge is -2.06. The predicted molar refractivity (Wildman–Crippen MR) is 84.0 cm³/mol. The molecule has 0 saturated heterocycles. The molecule has 0 aliphatic heterocycles. The molecule has 96 valence electrons. The van der Waals surface area contributed by atoms with Crippen LogP contribution in [0, 0.1) is 18.3 Å². The van der Waals surface area contributed by atoms with E-state index in [0.29, 0.717) is 0 Å². The van der Waals surface area contributed by atoms with Crippen molar-refractivity contribution in [3.05, 3.63) is 71.8 Å². The molecule has 0 heterocycles. The normalized spacial score (nSPS) is 10.4. The van der Waals surface area contributed by atoms with E-state index < -0.39 is 0 Å². The number of rotatable bonds is 2. The van der Waals surface area contributed by atoms with Gasteiger partial charge in [-0.15, -0.1) is 0 Å². The fourth-order valence-electron chi connectivity index (χ4n) is 2.16. The number of hydrogen-bond donors (Lipinski definition) is 0. The standard InChI is InChI=1S/C18H13NS/c1-13-6-7-16(12-19)18(10-13)20-17-9-8-14-4-2-3-5-15(14)11-17/h2-11H,1H3. The van der Waals surface area contributed by atoms with E-state index >= 15 is 0 Å². The van der Waals surface area contributed by atoms with E-state index in [1.165, 1.54) is 16.3 Å². The number of nitriles is 1. The maximum absolute atomic E-state index is 9.20. The Balaban J connectivity index is 2.01. The van der Waals surface area contributed by atoms with Gasteiger partial charge in [0.2, 0.25) is 0 Å². The van der Waals surface area contributed by atoms with Crippen LogP contribution >= 0.6 is 11.8 Å². The van der Waals surface area contributed by atoms with Crippen molar-refractivity contribution in [1.29, 1.82) is 5.26 Å². The highest BCUT2D eigenvalue weighted by Gasteiger charge is 2.05. The van der Waals surface area contributed by atoms with Gasteiger partial charge in [0.25, 0.3) is 0 Å². The van der Waals surface area contributed by atoms with Gasteiger partial charge in [-0.05, 0) is 47.5 Å². The van der Waals surface area contributed by atoms with Gasteiger partial charge in [-0.3, -0.25) is 0 Å². The Bertz CT molecular complexity index is 815. The van der Waals surface area contributed by atoms with Crippen LogP contribution in [0.2, 0.25) is 0 Å². The van der Waals surface area contributed by atoms with Crippen LogP contribution in [0.3, 0.4) is 0 Å². The maximum atomic E-state index is 9.20. The first-order valence-corrected chi connectivity index (χ1v) is 7.25. The molecule has 0 N–H and O–H groups in total. The highest BCUT2D eigenvalue weighted by Crippen LogP contribution is 2.32. The van der Waals surface area contributed by atoms with Crippen LogP contribution in [-0.2, 0) is 0 Å². The second kappa shape index (κ2) is 5.40. The van der Waals surface area contributed by atoms with Gasteiger partial charge in [0, 0.05) is 9.79 Å². The molecule has 3 aromatic carbocycles. The van der Waals surface area contributed by atoms with Crippen LogP contribution in [0.15, 0.2) is 70.5 Å². The summed E-state index contributed by atoms with van der Waals surface area (Å²) in [4.78, 5) is 2.17. The van der Waals surface area contributed by atoms with Gasteiger partial charge < -0.3 is 0 Å². The van der Waals surface area contributed by atoms with Crippen LogP contribution in [0.1, 0.15) is 11.1 Å². The second-order valence-corrected chi connectivity index (χ2v) is 5.84. The summed E-state index contributed by atoms with van der Waals surface area (Å²) in [6, 6.07) is 22.9. The van der Waals surface area contributed by atoms with Crippen LogP contribution in [0.5, 0.6) is 0 Å². The Morgan fingerprint density at radius 1 is 0.900 bits per heavy atom. The van der Waals surface area contributed by atoms with Gasteiger partial charge in [-0.25, -0.2) is 0 Å². The molecule has 0 radical (unpaired) electrons. The summed E-state index contributed by atoms with van der Waals surface area (Å²) in [7, 11) is 0. The van der Waals surface area contributed by atoms with Crippen molar-refractivity contribution in [3.8, 4) is 6.07 Å². The molecule has 0 atom stereocenters. The molecule has 3 aromatic rings. The first-order valence-electron chi connectivity index (χ1n) is 6.44. The Hall–Kier alpha value is -2.24. The van der Waals surface area contributed by atoms with Gasteiger partial charge in [0.05, 0.1) is 5.56 Å². The van der Waals surface area contributed by atoms with Gasteiger partial charge in [0.15, 0.2) is 0 Å². The molecule has 0 spiro atoms. The van der Waals surface area contributed by atoms with E-state index in [0.717, 1.165) is 15.4 Å². The first-order chi connectivity index (χ1) is 9.76. The van der Waals surface area contributed by atoms with Crippen LogP contribution in [0.25, 0.3) is 10.8 Å². The van der Waals surface area contributed by atoms with E-state index in [-0.39, 0.29) is 0 Å². The Labute approximate surface area is 122 Å². The Morgan fingerprint density at radius 2 is 1.70 bits per heavy atom. The van der Waals surface area contributed by atoms with Crippen molar-refractivity contribution in [1.82, 2.24) is 0 Å². The zero-order valence-electron chi connectivity index (χ0n) is 11.1. The summed E-state index contributed by atoms with van der Waals surface area (Å²) in [6.07, 6.45) is 0. The van der Waals surface area contributed by atoms with Crippen molar-refractivity contribution < 1.29 is 0 Å². The number of fused-ring (bicyclic) bond motifs is 1. The number of hydrogen-bond acceptors (Lipinski definition) is 2. The molecule has 0 aliphatic carbocycles. The summed E-state index contributed by atoms with van der Waals surface area (Å²) in [5.41, 5.74) is 1.90. The van der Waals surface area contributed by atoms with Gasteiger partial charge in [-0.1, -0.05) is 48.2 Å². The van der Waals surface area contributed by atoms with Crippen molar-refractivity contribution in [2.75, 3.05) is 0 Å². The van der Waals surface area contributed by atoms with E-state index in [1.54, 1.807) is 11.8 Å². The lowest BCUT2D eigenvalue weighted by atomic mass is 10.1. The SMILES string of the molecule is Cc1ccc(C#N)c(Sc2ccc3ccccc3c2)c1. The molecule has 1 nitrogen and oxygen atoms in total. The number of benzene rings is 3. The largest absolute Gasteiger partial charge is 0.192 e. The monoisotopic (exact) mass is 275 g/mol. The van der Waals surface area contributed by atoms with E-state index in [9.17, 15) is 5.26 Å². The molecule has 0 amide bonds. The molecule has 2 heteroatoms. The third kappa shape index (κ3) is 2.54. The molecule has 0 aliphatic rings. The van der Waals surface area contributed by atoms with Crippen molar-refractivity contribution >= 4 is 22.5 Å². The third-order valence-electron chi connectivity index (χ3n) is 3.21. The lowest BCUT2D eigenvalue weighted by Crippen LogP contribution is -1.83. The smallest absolute Gasteiger partial charge is 0.100 e. The Morgan fingerprint density at radius 3 is 2.50 bits per heavy atom.